The first-order chi connectivity index (χ1) is 9.01. The van der Waals surface area contributed by atoms with Crippen LogP contribution in [0.15, 0.2) is 12.1 Å². The SMILES string of the molecule is Cc1cc(C)c(N2CC3(CC3)CNCC2C)c(C)c1. The second kappa shape index (κ2) is 4.52. The highest BCUT2D eigenvalue weighted by Crippen LogP contribution is 2.48. The molecule has 0 aromatic heterocycles. The van der Waals surface area contributed by atoms with Crippen LogP contribution in [0.4, 0.5) is 5.69 Å². The second-order valence-electron chi connectivity index (χ2n) is 6.86. The fraction of sp³-hybridized carbons (Fsp3) is 0.647. The lowest BCUT2D eigenvalue weighted by molar-refractivity contribution is 0.500. The maximum absolute atomic E-state index is 3.66. The summed E-state index contributed by atoms with van der Waals surface area (Å²) in [5, 5.41) is 3.66. The number of anilines is 1. The molecule has 1 aliphatic heterocycles. The highest BCUT2D eigenvalue weighted by Gasteiger charge is 2.46. The van der Waals surface area contributed by atoms with Gasteiger partial charge in [-0.15, -0.1) is 0 Å². The maximum atomic E-state index is 3.66. The molecule has 104 valence electrons. The van der Waals surface area contributed by atoms with E-state index in [2.05, 4.69) is 50.0 Å². The Balaban J connectivity index is 1.99. The average Bonchev–Trinajstić information content (AvgIpc) is 3.08. The van der Waals surface area contributed by atoms with Crippen molar-refractivity contribution in [1.29, 1.82) is 0 Å². The summed E-state index contributed by atoms with van der Waals surface area (Å²) in [5.41, 5.74) is 6.28. The molecule has 1 aromatic carbocycles. The quantitative estimate of drug-likeness (QED) is 0.832. The third kappa shape index (κ3) is 2.38. The van der Waals surface area contributed by atoms with Gasteiger partial charge in [0.05, 0.1) is 0 Å². The van der Waals surface area contributed by atoms with E-state index in [0.717, 1.165) is 6.54 Å². The van der Waals surface area contributed by atoms with Gasteiger partial charge in [-0.2, -0.15) is 0 Å². The molecule has 1 aromatic rings. The third-order valence-corrected chi connectivity index (χ3v) is 4.86. The Bertz CT molecular complexity index is 465. The minimum Gasteiger partial charge on any atom is -0.367 e. The molecule has 2 heteroatoms. The van der Waals surface area contributed by atoms with Crippen LogP contribution in [-0.2, 0) is 0 Å². The van der Waals surface area contributed by atoms with Crippen LogP contribution in [0, 0.1) is 26.2 Å². The first-order valence-corrected chi connectivity index (χ1v) is 7.56. The second-order valence-corrected chi connectivity index (χ2v) is 6.86. The fourth-order valence-corrected chi connectivity index (χ4v) is 3.67. The van der Waals surface area contributed by atoms with Crippen LogP contribution in [0.1, 0.15) is 36.5 Å². The summed E-state index contributed by atoms with van der Waals surface area (Å²) in [5.74, 6) is 0. The van der Waals surface area contributed by atoms with Crippen molar-refractivity contribution in [3.63, 3.8) is 0 Å². The van der Waals surface area contributed by atoms with Crippen molar-refractivity contribution >= 4 is 5.69 Å². The van der Waals surface area contributed by atoms with Crippen molar-refractivity contribution < 1.29 is 0 Å². The van der Waals surface area contributed by atoms with Gasteiger partial charge in [-0.3, -0.25) is 0 Å². The van der Waals surface area contributed by atoms with Crippen LogP contribution in [-0.4, -0.2) is 25.7 Å². The molecule has 1 unspecified atom stereocenters. The van der Waals surface area contributed by atoms with Gasteiger partial charge in [0.1, 0.15) is 0 Å². The number of aryl methyl sites for hydroxylation is 3. The Morgan fingerprint density at radius 1 is 1.16 bits per heavy atom. The number of benzene rings is 1. The third-order valence-electron chi connectivity index (χ3n) is 4.86. The van der Waals surface area contributed by atoms with Gasteiger partial charge >= 0.3 is 0 Å². The van der Waals surface area contributed by atoms with E-state index in [0.29, 0.717) is 11.5 Å². The number of hydrogen-bond donors (Lipinski definition) is 1. The van der Waals surface area contributed by atoms with Gasteiger partial charge in [0.2, 0.25) is 0 Å². The molecule has 1 atom stereocenters. The van der Waals surface area contributed by atoms with E-state index in [4.69, 9.17) is 0 Å². The Hall–Kier alpha value is -1.02. The van der Waals surface area contributed by atoms with Crippen molar-refractivity contribution in [1.82, 2.24) is 5.32 Å². The average molecular weight is 258 g/mol. The lowest BCUT2D eigenvalue weighted by Gasteiger charge is -2.34. The van der Waals surface area contributed by atoms with Crippen molar-refractivity contribution in [2.75, 3.05) is 24.5 Å². The van der Waals surface area contributed by atoms with E-state index in [1.807, 2.05) is 0 Å². The van der Waals surface area contributed by atoms with Crippen molar-refractivity contribution in [3.8, 4) is 0 Å². The van der Waals surface area contributed by atoms with Crippen LogP contribution in [0.25, 0.3) is 0 Å². The van der Waals surface area contributed by atoms with Crippen LogP contribution in [0.3, 0.4) is 0 Å². The van der Waals surface area contributed by atoms with Gasteiger partial charge in [-0.25, -0.2) is 0 Å². The van der Waals surface area contributed by atoms with Gasteiger partial charge in [0.15, 0.2) is 0 Å². The summed E-state index contributed by atoms with van der Waals surface area (Å²) >= 11 is 0. The molecule has 1 N–H and O–H groups in total. The highest BCUT2D eigenvalue weighted by molar-refractivity contribution is 5.61. The zero-order valence-corrected chi connectivity index (χ0v) is 12.7. The number of rotatable bonds is 1. The topological polar surface area (TPSA) is 15.3 Å². The predicted molar refractivity (Wildman–Crippen MR) is 82.0 cm³/mol. The lowest BCUT2D eigenvalue weighted by Crippen LogP contribution is -2.39. The Morgan fingerprint density at radius 2 is 1.79 bits per heavy atom. The molecule has 1 saturated carbocycles. The van der Waals surface area contributed by atoms with E-state index in [1.54, 1.807) is 0 Å². The van der Waals surface area contributed by atoms with Gasteiger partial charge in [0.25, 0.3) is 0 Å². The van der Waals surface area contributed by atoms with Crippen molar-refractivity contribution in [2.45, 2.75) is 46.6 Å². The minimum atomic E-state index is 0.564. The van der Waals surface area contributed by atoms with E-state index < -0.39 is 0 Å². The lowest BCUT2D eigenvalue weighted by atomic mass is 10.0. The molecule has 1 heterocycles. The summed E-state index contributed by atoms with van der Waals surface area (Å²) in [6.45, 7) is 12.6. The molecule has 1 saturated heterocycles. The number of nitrogens with zero attached hydrogens (tertiary/aromatic N) is 1. The Kier molecular flexibility index (Phi) is 3.09. The van der Waals surface area contributed by atoms with Crippen molar-refractivity contribution in [3.05, 3.63) is 28.8 Å². The number of nitrogens with one attached hydrogen (secondary N) is 1. The van der Waals surface area contributed by atoms with Gasteiger partial charge < -0.3 is 10.2 Å². The van der Waals surface area contributed by atoms with Crippen LogP contribution in [0.2, 0.25) is 0 Å². The molecule has 2 aliphatic rings. The molecule has 1 spiro atoms. The van der Waals surface area contributed by atoms with Crippen LogP contribution >= 0.6 is 0 Å². The molecule has 0 bridgehead atoms. The largest absolute Gasteiger partial charge is 0.367 e. The molecular formula is C17H26N2. The fourth-order valence-electron chi connectivity index (χ4n) is 3.67. The zero-order valence-electron chi connectivity index (χ0n) is 12.7. The van der Waals surface area contributed by atoms with Crippen LogP contribution < -0.4 is 10.2 Å². The maximum Gasteiger partial charge on any atom is 0.0428 e. The molecule has 0 radical (unpaired) electrons. The number of hydrogen-bond acceptors (Lipinski definition) is 2. The highest BCUT2D eigenvalue weighted by atomic mass is 15.2. The summed E-state index contributed by atoms with van der Waals surface area (Å²) in [6, 6.07) is 5.24. The summed E-state index contributed by atoms with van der Waals surface area (Å²) < 4.78 is 0. The molecular weight excluding hydrogens is 232 g/mol. The molecule has 0 amide bonds. The Labute approximate surface area is 117 Å². The smallest absolute Gasteiger partial charge is 0.0428 e. The summed E-state index contributed by atoms with van der Waals surface area (Å²) in [6.07, 6.45) is 2.79. The van der Waals surface area contributed by atoms with Gasteiger partial charge in [0, 0.05) is 36.8 Å². The van der Waals surface area contributed by atoms with E-state index in [-0.39, 0.29) is 0 Å². The van der Waals surface area contributed by atoms with Crippen LogP contribution in [0.5, 0.6) is 0 Å². The van der Waals surface area contributed by atoms with E-state index >= 15 is 0 Å². The van der Waals surface area contributed by atoms with Crippen molar-refractivity contribution in [2.24, 2.45) is 5.41 Å². The Morgan fingerprint density at radius 3 is 2.37 bits per heavy atom. The first kappa shape index (κ1) is 13.0. The predicted octanol–water partition coefficient (Wildman–Crippen LogP) is 3.19. The monoisotopic (exact) mass is 258 g/mol. The van der Waals surface area contributed by atoms with Gasteiger partial charge in [-0.1, -0.05) is 17.7 Å². The molecule has 1 aliphatic carbocycles. The van der Waals surface area contributed by atoms with E-state index in [9.17, 15) is 0 Å². The minimum absolute atomic E-state index is 0.564. The first-order valence-electron chi connectivity index (χ1n) is 7.56. The summed E-state index contributed by atoms with van der Waals surface area (Å²) in [4.78, 5) is 2.66. The summed E-state index contributed by atoms with van der Waals surface area (Å²) in [7, 11) is 0. The molecule has 2 nitrogen and oxygen atoms in total. The van der Waals surface area contributed by atoms with Gasteiger partial charge in [-0.05, 0) is 51.7 Å². The molecule has 19 heavy (non-hydrogen) atoms. The van der Waals surface area contributed by atoms with E-state index in [1.165, 1.54) is 48.3 Å². The normalized spacial score (nSPS) is 25.5. The standard InChI is InChI=1S/C17H26N2/c1-12-7-13(2)16(14(3)8-12)19-11-17(5-6-17)10-18-9-15(19)4/h7-8,15,18H,5-6,9-11H2,1-4H3. The zero-order chi connectivity index (χ0) is 13.6. The molecule has 2 fully saturated rings. The molecule has 3 rings (SSSR count).